The van der Waals surface area contributed by atoms with Crippen molar-refractivity contribution in [3.63, 3.8) is 0 Å². The van der Waals surface area contributed by atoms with Crippen LogP contribution in [0.5, 0.6) is 5.75 Å². The molecule has 0 radical (unpaired) electrons. The first-order valence-corrected chi connectivity index (χ1v) is 8.13. The average molecular weight is 326 g/mol. The minimum absolute atomic E-state index is 0.00213. The number of nitrogens with zero attached hydrogens (tertiary/aromatic N) is 1. The lowest BCUT2D eigenvalue weighted by atomic mass is 10.0. The largest absolute Gasteiger partial charge is 0.493 e. The van der Waals surface area contributed by atoms with E-state index in [9.17, 15) is 4.79 Å². The van der Waals surface area contributed by atoms with Crippen molar-refractivity contribution < 1.29 is 14.3 Å². The second-order valence-corrected chi connectivity index (χ2v) is 5.55. The molecule has 24 heavy (non-hydrogen) atoms. The molecule has 2 aromatic rings. The van der Waals surface area contributed by atoms with Crippen LogP contribution in [0.25, 0.3) is 0 Å². The standard InChI is InChI=1S/C19H22N2O3/c1-3-24-17-11-7-5-9-15(17)18-20-16-10-6-4-8-14(16)19(22)21(18)12-13-23-2/h4-11,18,20H,3,12-13H2,1-2H3. The topological polar surface area (TPSA) is 50.8 Å². The van der Waals surface area contributed by atoms with Gasteiger partial charge in [-0.15, -0.1) is 0 Å². The molecular formula is C19H22N2O3. The van der Waals surface area contributed by atoms with Crippen molar-refractivity contribution in [1.29, 1.82) is 0 Å². The molecule has 1 unspecified atom stereocenters. The highest BCUT2D eigenvalue weighted by Gasteiger charge is 2.33. The Hall–Kier alpha value is -2.53. The summed E-state index contributed by atoms with van der Waals surface area (Å²) >= 11 is 0. The van der Waals surface area contributed by atoms with E-state index in [-0.39, 0.29) is 12.1 Å². The van der Waals surface area contributed by atoms with Crippen molar-refractivity contribution in [2.45, 2.75) is 13.1 Å². The van der Waals surface area contributed by atoms with Crippen LogP contribution in [-0.4, -0.2) is 37.7 Å². The highest BCUT2D eigenvalue weighted by molar-refractivity contribution is 6.01. The number of amides is 1. The summed E-state index contributed by atoms with van der Waals surface area (Å²) in [6, 6.07) is 15.4. The summed E-state index contributed by atoms with van der Waals surface area (Å²) in [6.45, 7) is 3.51. The summed E-state index contributed by atoms with van der Waals surface area (Å²) in [5, 5.41) is 3.47. The van der Waals surface area contributed by atoms with Gasteiger partial charge in [-0.1, -0.05) is 30.3 Å². The SMILES string of the molecule is CCOc1ccccc1C1Nc2ccccc2C(=O)N1CCOC. The van der Waals surface area contributed by atoms with E-state index in [4.69, 9.17) is 9.47 Å². The first-order valence-electron chi connectivity index (χ1n) is 8.13. The van der Waals surface area contributed by atoms with Crippen molar-refractivity contribution in [2.75, 3.05) is 32.2 Å². The van der Waals surface area contributed by atoms with E-state index in [1.807, 2.05) is 55.5 Å². The maximum atomic E-state index is 13.0. The van der Waals surface area contributed by atoms with Crippen LogP contribution in [0, 0.1) is 0 Å². The van der Waals surface area contributed by atoms with Gasteiger partial charge in [-0.05, 0) is 25.1 Å². The first-order chi connectivity index (χ1) is 11.8. The van der Waals surface area contributed by atoms with Gasteiger partial charge in [-0.25, -0.2) is 0 Å². The van der Waals surface area contributed by atoms with Gasteiger partial charge in [-0.2, -0.15) is 0 Å². The molecule has 1 atom stereocenters. The van der Waals surface area contributed by atoms with Crippen molar-refractivity contribution in [2.24, 2.45) is 0 Å². The van der Waals surface area contributed by atoms with Crippen molar-refractivity contribution in [3.8, 4) is 5.75 Å². The van der Waals surface area contributed by atoms with E-state index >= 15 is 0 Å². The Labute approximate surface area is 142 Å². The molecule has 1 aliphatic rings. The molecule has 5 nitrogen and oxygen atoms in total. The van der Waals surface area contributed by atoms with Gasteiger partial charge in [0.15, 0.2) is 0 Å². The van der Waals surface area contributed by atoms with Crippen LogP contribution in [-0.2, 0) is 4.74 Å². The third-order valence-electron chi connectivity index (χ3n) is 4.07. The van der Waals surface area contributed by atoms with Gasteiger partial charge in [0.25, 0.3) is 5.91 Å². The smallest absolute Gasteiger partial charge is 0.257 e. The van der Waals surface area contributed by atoms with Crippen LogP contribution < -0.4 is 10.1 Å². The van der Waals surface area contributed by atoms with Crippen LogP contribution >= 0.6 is 0 Å². The Bertz CT molecular complexity index is 717. The lowest BCUT2D eigenvalue weighted by Gasteiger charge is -2.38. The molecule has 5 heteroatoms. The van der Waals surface area contributed by atoms with E-state index in [2.05, 4.69) is 5.32 Å². The molecule has 0 fully saturated rings. The van der Waals surface area contributed by atoms with E-state index in [0.29, 0.717) is 25.3 Å². The highest BCUT2D eigenvalue weighted by Crippen LogP contribution is 2.36. The summed E-state index contributed by atoms with van der Waals surface area (Å²) in [7, 11) is 1.64. The fourth-order valence-electron chi connectivity index (χ4n) is 2.95. The summed E-state index contributed by atoms with van der Waals surface area (Å²) in [6.07, 6.45) is -0.287. The Morgan fingerprint density at radius 2 is 1.88 bits per heavy atom. The van der Waals surface area contributed by atoms with Crippen molar-refractivity contribution in [1.82, 2.24) is 4.90 Å². The second kappa shape index (κ2) is 7.36. The molecule has 1 heterocycles. The fourth-order valence-corrected chi connectivity index (χ4v) is 2.95. The summed E-state index contributed by atoms with van der Waals surface area (Å²) < 4.78 is 10.9. The summed E-state index contributed by atoms with van der Waals surface area (Å²) in [5.41, 5.74) is 2.46. The van der Waals surface area contributed by atoms with Gasteiger partial charge in [0.1, 0.15) is 11.9 Å². The monoisotopic (exact) mass is 326 g/mol. The Morgan fingerprint density at radius 1 is 1.12 bits per heavy atom. The fraction of sp³-hybridized carbons (Fsp3) is 0.316. The Balaban J connectivity index is 2.02. The summed E-state index contributed by atoms with van der Waals surface area (Å²) in [5.74, 6) is 0.782. The van der Waals surface area contributed by atoms with Gasteiger partial charge >= 0.3 is 0 Å². The minimum Gasteiger partial charge on any atom is -0.493 e. The molecule has 2 aromatic carbocycles. The molecule has 0 saturated heterocycles. The number of methoxy groups -OCH3 is 1. The maximum Gasteiger partial charge on any atom is 0.257 e. The number of carbonyl (C=O) groups is 1. The molecule has 0 aromatic heterocycles. The lowest BCUT2D eigenvalue weighted by molar-refractivity contribution is 0.0606. The van der Waals surface area contributed by atoms with Gasteiger partial charge in [0.05, 0.1) is 18.8 Å². The number of hydrogen-bond donors (Lipinski definition) is 1. The second-order valence-electron chi connectivity index (χ2n) is 5.55. The van der Waals surface area contributed by atoms with Crippen LogP contribution in [0.15, 0.2) is 48.5 Å². The van der Waals surface area contributed by atoms with Crippen LogP contribution in [0.3, 0.4) is 0 Å². The quantitative estimate of drug-likeness (QED) is 0.885. The number of ether oxygens (including phenoxy) is 2. The molecule has 0 aliphatic carbocycles. The van der Waals surface area contributed by atoms with Crippen LogP contribution in [0.2, 0.25) is 0 Å². The minimum atomic E-state index is -0.287. The van der Waals surface area contributed by atoms with E-state index in [1.165, 1.54) is 0 Å². The van der Waals surface area contributed by atoms with Crippen LogP contribution in [0.1, 0.15) is 29.0 Å². The van der Waals surface area contributed by atoms with Gasteiger partial charge in [0.2, 0.25) is 0 Å². The predicted molar refractivity (Wildman–Crippen MR) is 93.3 cm³/mol. The summed E-state index contributed by atoms with van der Waals surface area (Å²) in [4.78, 5) is 14.8. The molecule has 1 N–H and O–H groups in total. The van der Waals surface area contributed by atoms with Gasteiger partial charge in [0, 0.05) is 24.9 Å². The number of hydrogen-bond acceptors (Lipinski definition) is 4. The third-order valence-corrected chi connectivity index (χ3v) is 4.07. The lowest BCUT2D eigenvalue weighted by Crippen LogP contribution is -2.44. The number of para-hydroxylation sites is 2. The predicted octanol–water partition coefficient (Wildman–Crippen LogP) is 3.30. The zero-order valence-corrected chi connectivity index (χ0v) is 14.0. The molecule has 0 saturated carbocycles. The molecule has 126 valence electrons. The molecule has 3 rings (SSSR count). The highest BCUT2D eigenvalue weighted by atomic mass is 16.5. The zero-order valence-electron chi connectivity index (χ0n) is 14.0. The maximum absolute atomic E-state index is 13.0. The zero-order chi connectivity index (χ0) is 16.9. The number of benzene rings is 2. The number of carbonyl (C=O) groups excluding carboxylic acids is 1. The van der Waals surface area contributed by atoms with Gasteiger partial charge in [-0.3, -0.25) is 4.79 Å². The van der Waals surface area contributed by atoms with E-state index in [0.717, 1.165) is 17.0 Å². The number of anilines is 1. The van der Waals surface area contributed by atoms with Crippen LogP contribution in [0.4, 0.5) is 5.69 Å². The number of rotatable bonds is 6. The molecule has 1 aliphatic heterocycles. The molecule has 0 bridgehead atoms. The number of fused-ring (bicyclic) bond motifs is 1. The Kier molecular flexibility index (Phi) is 5.01. The van der Waals surface area contributed by atoms with Crippen molar-refractivity contribution in [3.05, 3.63) is 59.7 Å². The normalized spacial score (nSPS) is 16.5. The first kappa shape index (κ1) is 16.3. The van der Waals surface area contributed by atoms with Crippen molar-refractivity contribution >= 4 is 11.6 Å². The number of nitrogens with one attached hydrogen (secondary N) is 1. The van der Waals surface area contributed by atoms with E-state index in [1.54, 1.807) is 12.0 Å². The Morgan fingerprint density at radius 3 is 2.67 bits per heavy atom. The average Bonchev–Trinajstić information content (AvgIpc) is 2.62. The van der Waals surface area contributed by atoms with Gasteiger partial charge < -0.3 is 19.7 Å². The van der Waals surface area contributed by atoms with E-state index < -0.39 is 0 Å². The molecule has 1 amide bonds. The molecular weight excluding hydrogens is 304 g/mol. The molecule has 0 spiro atoms. The third kappa shape index (κ3) is 3.08.